The molecular formula is C15H31N3O2. The highest BCUT2D eigenvalue weighted by molar-refractivity contribution is 5.78. The molecule has 20 heavy (non-hydrogen) atoms. The van der Waals surface area contributed by atoms with Crippen molar-refractivity contribution in [1.29, 1.82) is 0 Å². The Morgan fingerprint density at radius 3 is 2.90 bits per heavy atom. The van der Waals surface area contributed by atoms with Gasteiger partial charge in [-0.25, -0.2) is 0 Å². The van der Waals surface area contributed by atoms with E-state index in [0.29, 0.717) is 38.2 Å². The Balaban J connectivity index is 2.20. The van der Waals surface area contributed by atoms with Gasteiger partial charge in [-0.1, -0.05) is 6.92 Å². The molecule has 0 aromatic carbocycles. The normalized spacial score (nSPS) is 24.1. The monoisotopic (exact) mass is 285 g/mol. The Bertz CT molecular complexity index is 284. The van der Waals surface area contributed by atoms with Crippen LogP contribution in [-0.4, -0.2) is 55.7 Å². The van der Waals surface area contributed by atoms with E-state index in [4.69, 9.17) is 10.5 Å². The van der Waals surface area contributed by atoms with Gasteiger partial charge < -0.3 is 15.8 Å². The van der Waals surface area contributed by atoms with Crippen LogP contribution < -0.4 is 11.1 Å². The molecule has 118 valence electrons. The second kappa shape index (κ2) is 9.32. The number of hydrogen-bond acceptors (Lipinski definition) is 4. The van der Waals surface area contributed by atoms with Crippen LogP contribution in [0.25, 0.3) is 0 Å². The van der Waals surface area contributed by atoms with Gasteiger partial charge in [0.05, 0.1) is 12.6 Å². The van der Waals surface area contributed by atoms with Gasteiger partial charge in [0.25, 0.3) is 0 Å². The molecule has 0 spiro atoms. The summed E-state index contributed by atoms with van der Waals surface area (Å²) in [7, 11) is 0. The Labute approximate surface area is 123 Å². The molecule has 0 saturated carbocycles. The van der Waals surface area contributed by atoms with Gasteiger partial charge in [0.1, 0.15) is 0 Å². The molecule has 0 bridgehead atoms. The number of likely N-dealkylation sites (tertiary alicyclic amines) is 1. The van der Waals surface area contributed by atoms with Crippen LogP contribution in [0.15, 0.2) is 0 Å². The lowest BCUT2D eigenvalue weighted by Crippen LogP contribution is -2.52. The SMILES string of the molecule is CC(C)OCCCNC(=O)CN1CCCC(C)C1CN. The molecule has 0 aliphatic carbocycles. The van der Waals surface area contributed by atoms with Gasteiger partial charge in [0.2, 0.25) is 5.91 Å². The van der Waals surface area contributed by atoms with Crippen molar-refractivity contribution in [3.8, 4) is 0 Å². The summed E-state index contributed by atoms with van der Waals surface area (Å²) in [4.78, 5) is 14.2. The topological polar surface area (TPSA) is 67.6 Å². The summed E-state index contributed by atoms with van der Waals surface area (Å²) in [5, 5.41) is 2.96. The lowest BCUT2D eigenvalue weighted by Gasteiger charge is -2.38. The largest absolute Gasteiger partial charge is 0.379 e. The van der Waals surface area contributed by atoms with Gasteiger partial charge in [-0.3, -0.25) is 9.69 Å². The Morgan fingerprint density at radius 1 is 1.50 bits per heavy atom. The fraction of sp³-hybridized carbons (Fsp3) is 0.933. The highest BCUT2D eigenvalue weighted by Crippen LogP contribution is 2.21. The van der Waals surface area contributed by atoms with Crippen LogP contribution in [-0.2, 0) is 9.53 Å². The summed E-state index contributed by atoms with van der Waals surface area (Å²) < 4.78 is 5.44. The standard InChI is InChI=1S/C15H31N3O2/c1-12(2)20-9-5-7-17-15(19)11-18-8-4-6-13(3)14(18)10-16/h12-14H,4-11,16H2,1-3H3,(H,17,19). The van der Waals surface area contributed by atoms with Crippen LogP contribution in [0.5, 0.6) is 0 Å². The van der Waals surface area contributed by atoms with E-state index in [1.807, 2.05) is 13.8 Å². The number of ether oxygens (including phenoxy) is 1. The molecule has 1 aliphatic rings. The molecule has 0 radical (unpaired) electrons. The first kappa shape index (κ1) is 17.4. The number of nitrogens with two attached hydrogens (primary N) is 1. The van der Waals surface area contributed by atoms with Gasteiger partial charge >= 0.3 is 0 Å². The Kier molecular flexibility index (Phi) is 8.11. The maximum Gasteiger partial charge on any atom is 0.234 e. The molecule has 1 aliphatic heterocycles. The third-order valence-electron chi connectivity index (χ3n) is 3.91. The number of nitrogens with one attached hydrogen (secondary N) is 1. The molecule has 1 rings (SSSR count). The van der Waals surface area contributed by atoms with Crippen molar-refractivity contribution in [3.05, 3.63) is 0 Å². The lowest BCUT2D eigenvalue weighted by atomic mass is 9.91. The average Bonchev–Trinajstić information content (AvgIpc) is 2.38. The summed E-state index contributed by atoms with van der Waals surface area (Å²) in [6.07, 6.45) is 3.49. The first-order valence-electron chi connectivity index (χ1n) is 7.87. The minimum absolute atomic E-state index is 0.0992. The van der Waals surface area contributed by atoms with Crippen molar-refractivity contribution in [2.75, 3.05) is 32.8 Å². The maximum absolute atomic E-state index is 11.9. The van der Waals surface area contributed by atoms with Crippen LogP contribution in [0.1, 0.15) is 40.0 Å². The lowest BCUT2D eigenvalue weighted by molar-refractivity contribution is -0.123. The van der Waals surface area contributed by atoms with Crippen LogP contribution in [0.3, 0.4) is 0 Å². The van der Waals surface area contributed by atoms with Crippen LogP contribution in [0.4, 0.5) is 0 Å². The van der Waals surface area contributed by atoms with Gasteiger partial charge in [-0.05, 0) is 45.6 Å². The van der Waals surface area contributed by atoms with Crippen molar-refractivity contribution in [1.82, 2.24) is 10.2 Å². The van der Waals surface area contributed by atoms with Crippen molar-refractivity contribution >= 4 is 5.91 Å². The first-order valence-corrected chi connectivity index (χ1v) is 7.87. The van der Waals surface area contributed by atoms with Crippen molar-refractivity contribution < 1.29 is 9.53 Å². The molecule has 1 saturated heterocycles. The molecule has 2 unspecified atom stereocenters. The molecule has 0 aromatic heterocycles. The van der Waals surface area contributed by atoms with E-state index < -0.39 is 0 Å². The smallest absolute Gasteiger partial charge is 0.234 e. The zero-order valence-corrected chi connectivity index (χ0v) is 13.2. The third-order valence-corrected chi connectivity index (χ3v) is 3.91. The van der Waals surface area contributed by atoms with Gasteiger partial charge in [-0.2, -0.15) is 0 Å². The molecule has 1 heterocycles. The van der Waals surface area contributed by atoms with E-state index in [0.717, 1.165) is 19.4 Å². The summed E-state index contributed by atoms with van der Waals surface area (Å²) in [5.74, 6) is 0.683. The molecule has 5 heteroatoms. The summed E-state index contributed by atoms with van der Waals surface area (Å²) in [6.45, 7) is 9.73. The van der Waals surface area contributed by atoms with E-state index in [9.17, 15) is 4.79 Å². The number of hydrogen-bond donors (Lipinski definition) is 2. The minimum Gasteiger partial charge on any atom is -0.379 e. The van der Waals surface area contributed by atoms with Crippen LogP contribution >= 0.6 is 0 Å². The predicted molar refractivity (Wildman–Crippen MR) is 81.5 cm³/mol. The van der Waals surface area contributed by atoms with Crippen molar-refractivity contribution in [2.24, 2.45) is 11.7 Å². The van der Waals surface area contributed by atoms with E-state index in [1.54, 1.807) is 0 Å². The van der Waals surface area contributed by atoms with Gasteiger partial charge in [0, 0.05) is 25.7 Å². The average molecular weight is 285 g/mol. The van der Waals surface area contributed by atoms with E-state index in [1.165, 1.54) is 6.42 Å². The predicted octanol–water partition coefficient (Wildman–Crippen LogP) is 0.977. The second-order valence-electron chi connectivity index (χ2n) is 6.02. The molecule has 1 amide bonds. The minimum atomic E-state index is 0.0992. The first-order chi connectivity index (χ1) is 9.54. The number of rotatable bonds is 8. The van der Waals surface area contributed by atoms with E-state index >= 15 is 0 Å². The maximum atomic E-state index is 11.9. The molecule has 2 atom stereocenters. The third kappa shape index (κ3) is 6.20. The quantitative estimate of drug-likeness (QED) is 0.652. The number of piperidine rings is 1. The molecule has 3 N–H and O–H groups in total. The Morgan fingerprint density at radius 2 is 2.25 bits per heavy atom. The van der Waals surface area contributed by atoms with Crippen LogP contribution in [0.2, 0.25) is 0 Å². The highest BCUT2D eigenvalue weighted by atomic mass is 16.5. The summed E-state index contributed by atoms with van der Waals surface area (Å²) >= 11 is 0. The molecule has 5 nitrogen and oxygen atoms in total. The van der Waals surface area contributed by atoms with Gasteiger partial charge in [-0.15, -0.1) is 0 Å². The highest BCUT2D eigenvalue weighted by Gasteiger charge is 2.28. The number of nitrogens with zero attached hydrogens (tertiary/aromatic N) is 1. The van der Waals surface area contributed by atoms with Crippen LogP contribution in [0, 0.1) is 5.92 Å². The van der Waals surface area contributed by atoms with Gasteiger partial charge in [0.15, 0.2) is 0 Å². The number of carbonyl (C=O) groups excluding carboxylic acids is 1. The fourth-order valence-corrected chi connectivity index (χ4v) is 2.77. The Hall–Kier alpha value is -0.650. The number of carbonyl (C=O) groups is 1. The second-order valence-corrected chi connectivity index (χ2v) is 6.02. The zero-order valence-electron chi connectivity index (χ0n) is 13.2. The van der Waals surface area contributed by atoms with E-state index in [-0.39, 0.29) is 12.0 Å². The number of amides is 1. The fourth-order valence-electron chi connectivity index (χ4n) is 2.77. The van der Waals surface area contributed by atoms with Crippen molar-refractivity contribution in [2.45, 2.75) is 52.2 Å². The molecule has 0 aromatic rings. The molecular weight excluding hydrogens is 254 g/mol. The van der Waals surface area contributed by atoms with E-state index in [2.05, 4.69) is 17.1 Å². The summed E-state index contributed by atoms with van der Waals surface area (Å²) in [6, 6.07) is 0.346. The zero-order chi connectivity index (χ0) is 15.0. The molecule has 1 fully saturated rings. The summed E-state index contributed by atoms with van der Waals surface area (Å²) in [5.41, 5.74) is 5.84. The van der Waals surface area contributed by atoms with Crippen molar-refractivity contribution in [3.63, 3.8) is 0 Å².